The molecule has 0 aliphatic carbocycles. The number of likely N-dealkylation sites (N-methyl/N-ethyl adjacent to an activating group) is 1. The molecule has 1 saturated heterocycles. The predicted molar refractivity (Wildman–Crippen MR) is 137 cm³/mol. The molecule has 1 fully saturated rings. The van der Waals surface area contributed by atoms with Crippen molar-refractivity contribution in [2.24, 2.45) is 0 Å². The third-order valence-corrected chi connectivity index (χ3v) is 7.58. The van der Waals surface area contributed by atoms with E-state index < -0.39 is 11.2 Å². The van der Waals surface area contributed by atoms with Crippen LogP contribution in [0.25, 0.3) is 22.2 Å². The van der Waals surface area contributed by atoms with E-state index >= 15 is 0 Å². The maximum atomic E-state index is 13.1. The van der Waals surface area contributed by atoms with E-state index in [-0.39, 0.29) is 5.91 Å². The number of rotatable bonds is 4. The summed E-state index contributed by atoms with van der Waals surface area (Å²) in [5.41, 5.74) is 6.68. The van der Waals surface area contributed by atoms with Crippen molar-refractivity contribution in [3.63, 3.8) is 0 Å². The van der Waals surface area contributed by atoms with Gasteiger partial charge in [0.05, 0.1) is 16.9 Å². The molecule has 34 heavy (non-hydrogen) atoms. The Bertz CT molecular complexity index is 1430. The molecule has 0 radical (unpaired) electrons. The zero-order valence-corrected chi connectivity index (χ0v) is 20.1. The Morgan fingerprint density at radius 3 is 2.59 bits per heavy atom. The number of hydrogen-bond donors (Lipinski definition) is 1. The molecule has 0 spiro atoms. The second-order valence-corrected chi connectivity index (χ2v) is 9.92. The highest BCUT2D eigenvalue weighted by Crippen LogP contribution is 2.31. The van der Waals surface area contributed by atoms with E-state index in [1.807, 2.05) is 73.7 Å². The van der Waals surface area contributed by atoms with Crippen molar-refractivity contribution >= 4 is 39.4 Å². The minimum Gasteiger partial charge on any atom is -0.322 e. The number of nitrogens with one attached hydrogen (secondary N) is 1. The van der Waals surface area contributed by atoms with Gasteiger partial charge < -0.3 is 5.32 Å². The van der Waals surface area contributed by atoms with Gasteiger partial charge in [0, 0.05) is 54.7 Å². The van der Waals surface area contributed by atoms with Gasteiger partial charge in [0.1, 0.15) is 0 Å². The van der Waals surface area contributed by atoms with Crippen LogP contribution >= 0.6 is 0 Å². The van der Waals surface area contributed by atoms with Crippen molar-refractivity contribution in [3.8, 4) is 11.3 Å². The molecule has 1 aliphatic rings. The quantitative estimate of drug-likeness (QED) is 0.476. The Hall–Kier alpha value is -3.62. The molecule has 0 saturated carbocycles. The van der Waals surface area contributed by atoms with Crippen molar-refractivity contribution in [1.29, 1.82) is 0 Å². The molecule has 1 aliphatic heterocycles. The van der Waals surface area contributed by atoms with Crippen LogP contribution in [0.2, 0.25) is 0 Å². The molecule has 0 bridgehead atoms. The highest BCUT2D eigenvalue weighted by molar-refractivity contribution is 7.84. The third kappa shape index (κ3) is 4.06. The molecule has 1 N–H and O–H groups in total. The molecule has 5 rings (SSSR count). The van der Waals surface area contributed by atoms with Gasteiger partial charge in [0.2, 0.25) is 0 Å². The van der Waals surface area contributed by atoms with Crippen LogP contribution in [0.1, 0.15) is 21.5 Å². The molecule has 172 valence electrons. The number of carbonyl (C=O) groups excluding carboxylic acids is 1. The van der Waals surface area contributed by atoms with Crippen LogP contribution in [0.5, 0.6) is 0 Å². The van der Waals surface area contributed by atoms with Crippen LogP contribution in [-0.2, 0) is 11.2 Å². The summed E-state index contributed by atoms with van der Waals surface area (Å²) in [6.45, 7) is 5.36. The fourth-order valence-corrected chi connectivity index (χ4v) is 5.31. The molecule has 2 aromatic heterocycles. The molecule has 8 heteroatoms. The lowest BCUT2D eigenvalue weighted by atomic mass is 10.0. The first-order valence-corrected chi connectivity index (χ1v) is 12.1. The van der Waals surface area contributed by atoms with E-state index in [0.29, 0.717) is 17.8 Å². The van der Waals surface area contributed by atoms with E-state index in [4.69, 9.17) is 0 Å². The zero-order valence-electron chi connectivity index (χ0n) is 19.3. The standard InChI is InChI=1S/C26H25N5O2S/c1-17-6-7-19(16-23(17)25-22-5-4-11-27-24(22)10-12-28-25)29-26(32)21-9-8-20(15-18(21)2)31-14-13-30(3)34(31)33/h4-12,15-16H,13-14H2,1-3H3,(H,29,32). The number of pyridine rings is 2. The fourth-order valence-electron chi connectivity index (χ4n) is 4.20. The molecule has 1 amide bonds. The maximum absolute atomic E-state index is 13.1. The van der Waals surface area contributed by atoms with Crippen molar-refractivity contribution in [2.75, 3.05) is 29.8 Å². The number of aryl methyl sites for hydroxylation is 2. The lowest BCUT2D eigenvalue weighted by molar-refractivity contribution is 0.102. The number of fused-ring (bicyclic) bond motifs is 1. The number of hydrogen-bond acceptors (Lipinski definition) is 4. The van der Waals surface area contributed by atoms with Gasteiger partial charge in [0.25, 0.3) is 5.91 Å². The van der Waals surface area contributed by atoms with Crippen molar-refractivity contribution in [2.45, 2.75) is 13.8 Å². The molecule has 7 nitrogen and oxygen atoms in total. The van der Waals surface area contributed by atoms with Gasteiger partial charge in [-0.25, -0.2) is 8.51 Å². The van der Waals surface area contributed by atoms with Gasteiger partial charge in [-0.1, -0.05) is 6.07 Å². The smallest absolute Gasteiger partial charge is 0.255 e. The van der Waals surface area contributed by atoms with Crippen molar-refractivity contribution in [3.05, 3.63) is 83.7 Å². The highest BCUT2D eigenvalue weighted by atomic mass is 32.2. The van der Waals surface area contributed by atoms with Gasteiger partial charge >= 0.3 is 0 Å². The van der Waals surface area contributed by atoms with Crippen LogP contribution in [0.4, 0.5) is 11.4 Å². The van der Waals surface area contributed by atoms with E-state index in [0.717, 1.165) is 45.5 Å². The lowest BCUT2D eigenvalue weighted by Gasteiger charge is -2.18. The molecule has 1 atom stereocenters. The van der Waals surface area contributed by atoms with Crippen molar-refractivity contribution in [1.82, 2.24) is 14.3 Å². The summed E-state index contributed by atoms with van der Waals surface area (Å²) in [6.07, 6.45) is 3.52. The normalized spacial score (nSPS) is 16.2. The Morgan fingerprint density at radius 1 is 0.971 bits per heavy atom. The van der Waals surface area contributed by atoms with Gasteiger partial charge in [-0.15, -0.1) is 0 Å². The summed E-state index contributed by atoms with van der Waals surface area (Å²) >= 11 is -1.19. The van der Waals surface area contributed by atoms with Gasteiger partial charge in [-0.05, 0) is 73.5 Å². The van der Waals surface area contributed by atoms with E-state index in [1.54, 1.807) is 22.8 Å². The number of carbonyl (C=O) groups is 1. The number of amides is 1. The SMILES string of the molecule is Cc1cc(N2CCN(C)S2=O)ccc1C(=O)Nc1ccc(C)c(-c2nccc3ncccc23)c1. The van der Waals surface area contributed by atoms with Crippen LogP contribution in [-0.4, -0.2) is 44.5 Å². The topological polar surface area (TPSA) is 78.4 Å². The Kier molecular flexibility index (Phi) is 5.85. The highest BCUT2D eigenvalue weighted by Gasteiger charge is 2.26. The fraction of sp³-hybridized carbons (Fsp3) is 0.192. The number of benzene rings is 2. The first kappa shape index (κ1) is 22.2. The predicted octanol–water partition coefficient (Wildman–Crippen LogP) is 4.50. The second kappa shape index (κ2) is 8.96. The average Bonchev–Trinajstić information content (AvgIpc) is 3.18. The average molecular weight is 472 g/mol. The van der Waals surface area contributed by atoms with E-state index in [2.05, 4.69) is 15.3 Å². The molecule has 1 unspecified atom stereocenters. The molecular weight excluding hydrogens is 446 g/mol. The molecule has 2 aromatic carbocycles. The second-order valence-electron chi connectivity index (χ2n) is 8.40. The summed E-state index contributed by atoms with van der Waals surface area (Å²) in [5.74, 6) is -0.189. The Morgan fingerprint density at radius 2 is 1.82 bits per heavy atom. The summed E-state index contributed by atoms with van der Waals surface area (Å²) in [6, 6.07) is 17.2. The summed E-state index contributed by atoms with van der Waals surface area (Å²) < 4.78 is 16.0. The summed E-state index contributed by atoms with van der Waals surface area (Å²) in [5, 5.41) is 3.99. The Labute approximate surface area is 201 Å². The minimum absolute atomic E-state index is 0.189. The number of aromatic nitrogens is 2. The zero-order chi connectivity index (χ0) is 23.8. The molecular formula is C26H25N5O2S. The van der Waals surface area contributed by atoms with Gasteiger partial charge in [-0.2, -0.15) is 0 Å². The van der Waals surface area contributed by atoms with Gasteiger partial charge in [-0.3, -0.25) is 19.1 Å². The van der Waals surface area contributed by atoms with Crippen LogP contribution in [0.3, 0.4) is 0 Å². The lowest BCUT2D eigenvalue weighted by Crippen LogP contribution is -2.24. The first-order chi connectivity index (χ1) is 16.4. The number of nitrogens with zero attached hydrogens (tertiary/aromatic N) is 4. The number of anilines is 2. The minimum atomic E-state index is -1.19. The largest absolute Gasteiger partial charge is 0.322 e. The maximum Gasteiger partial charge on any atom is 0.255 e. The molecule has 3 heterocycles. The summed E-state index contributed by atoms with van der Waals surface area (Å²) in [7, 11) is 1.84. The van der Waals surface area contributed by atoms with E-state index in [1.165, 1.54) is 0 Å². The van der Waals surface area contributed by atoms with E-state index in [9.17, 15) is 9.00 Å². The van der Waals surface area contributed by atoms with Crippen LogP contribution in [0.15, 0.2) is 67.0 Å². The van der Waals surface area contributed by atoms with Gasteiger partial charge in [0.15, 0.2) is 11.2 Å². The third-order valence-electron chi connectivity index (χ3n) is 6.10. The van der Waals surface area contributed by atoms with Crippen molar-refractivity contribution < 1.29 is 9.00 Å². The first-order valence-electron chi connectivity index (χ1n) is 11.1. The summed E-state index contributed by atoms with van der Waals surface area (Å²) in [4.78, 5) is 22.1. The monoisotopic (exact) mass is 471 g/mol. The van der Waals surface area contributed by atoms with Crippen LogP contribution < -0.4 is 9.62 Å². The van der Waals surface area contributed by atoms with Crippen LogP contribution in [0, 0.1) is 13.8 Å². The Balaban J connectivity index is 1.42. The molecule has 4 aromatic rings.